The molecule has 1 fully saturated rings. The number of nitrogens with zero attached hydrogens (tertiary/aromatic N) is 1. The van der Waals surface area contributed by atoms with Crippen molar-refractivity contribution in [2.45, 2.75) is 44.8 Å². The molecule has 0 spiro atoms. The molecule has 1 N–H and O–H groups in total. The molecule has 1 amide bonds. The van der Waals surface area contributed by atoms with E-state index in [4.69, 9.17) is 9.84 Å². The highest BCUT2D eigenvalue weighted by molar-refractivity contribution is 5.76. The van der Waals surface area contributed by atoms with Crippen molar-refractivity contribution in [2.75, 3.05) is 13.7 Å². The molecule has 1 aliphatic rings. The van der Waals surface area contributed by atoms with Gasteiger partial charge in [0.15, 0.2) is 6.61 Å². The van der Waals surface area contributed by atoms with Crippen LogP contribution in [0.4, 0.5) is 13.2 Å². The van der Waals surface area contributed by atoms with Crippen LogP contribution >= 0.6 is 0 Å². The maximum atomic E-state index is 12.7. The van der Waals surface area contributed by atoms with Gasteiger partial charge in [-0.25, -0.2) is 4.79 Å². The summed E-state index contributed by atoms with van der Waals surface area (Å²) in [7, 11) is 1.67. The molecule has 0 heterocycles. The SMILES string of the molecule is CN(Cc1ccc(OCC(=O)O)cc1)C(=O)CC1CCC(C(F)(F)F)CC1. The number of halogens is 3. The van der Waals surface area contributed by atoms with Gasteiger partial charge in [-0.2, -0.15) is 13.2 Å². The van der Waals surface area contributed by atoms with E-state index in [0.29, 0.717) is 25.1 Å². The standard InChI is InChI=1S/C19H24F3NO4/c1-23(11-14-4-8-16(9-5-14)27-12-18(25)26)17(24)10-13-2-6-15(7-3-13)19(20,21)22/h4-5,8-9,13,15H,2-3,6-7,10-12H2,1H3,(H,25,26). The number of rotatable bonds is 7. The normalized spacial score (nSPS) is 20.1. The second kappa shape index (κ2) is 9.10. The largest absolute Gasteiger partial charge is 0.482 e. The van der Waals surface area contributed by atoms with E-state index in [9.17, 15) is 22.8 Å². The summed E-state index contributed by atoms with van der Waals surface area (Å²) in [5.41, 5.74) is 0.856. The van der Waals surface area contributed by atoms with Crippen LogP contribution in [0.2, 0.25) is 0 Å². The van der Waals surface area contributed by atoms with Gasteiger partial charge in [0, 0.05) is 20.0 Å². The Balaban J connectivity index is 1.78. The van der Waals surface area contributed by atoms with E-state index < -0.39 is 24.7 Å². The van der Waals surface area contributed by atoms with E-state index in [2.05, 4.69) is 0 Å². The highest BCUT2D eigenvalue weighted by Gasteiger charge is 2.41. The minimum Gasteiger partial charge on any atom is -0.482 e. The third-order valence-corrected chi connectivity index (χ3v) is 4.90. The maximum absolute atomic E-state index is 12.7. The first-order valence-electron chi connectivity index (χ1n) is 8.89. The van der Waals surface area contributed by atoms with Gasteiger partial charge in [0.2, 0.25) is 5.91 Å². The van der Waals surface area contributed by atoms with Crippen LogP contribution in [0.3, 0.4) is 0 Å². The van der Waals surface area contributed by atoms with Crippen molar-refractivity contribution in [1.29, 1.82) is 0 Å². The maximum Gasteiger partial charge on any atom is 0.391 e. The van der Waals surface area contributed by atoms with Crippen LogP contribution < -0.4 is 4.74 Å². The molecule has 5 nitrogen and oxygen atoms in total. The number of amides is 1. The molecule has 150 valence electrons. The number of carboxylic acids is 1. The van der Waals surface area contributed by atoms with Gasteiger partial charge in [0.1, 0.15) is 5.75 Å². The van der Waals surface area contributed by atoms with Crippen LogP contribution in [0.5, 0.6) is 5.75 Å². The fourth-order valence-electron chi connectivity index (χ4n) is 3.29. The second-order valence-corrected chi connectivity index (χ2v) is 7.04. The van der Waals surface area contributed by atoms with Crippen LogP contribution in [0.1, 0.15) is 37.7 Å². The van der Waals surface area contributed by atoms with Crippen LogP contribution in [0.25, 0.3) is 0 Å². The van der Waals surface area contributed by atoms with Crippen molar-refractivity contribution < 1.29 is 32.6 Å². The number of carbonyl (C=O) groups excluding carboxylic acids is 1. The molecular weight excluding hydrogens is 363 g/mol. The summed E-state index contributed by atoms with van der Waals surface area (Å²) < 4.78 is 43.2. The lowest BCUT2D eigenvalue weighted by Crippen LogP contribution is -2.31. The molecule has 1 aromatic rings. The first-order chi connectivity index (χ1) is 12.6. The number of alkyl halides is 3. The molecule has 0 saturated heterocycles. The zero-order chi connectivity index (χ0) is 20.0. The van der Waals surface area contributed by atoms with Crippen LogP contribution in [-0.4, -0.2) is 41.7 Å². The molecule has 8 heteroatoms. The molecule has 1 saturated carbocycles. The Morgan fingerprint density at radius 2 is 1.74 bits per heavy atom. The van der Waals surface area contributed by atoms with Gasteiger partial charge in [-0.15, -0.1) is 0 Å². The van der Waals surface area contributed by atoms with Crippen LogP contribution in [0.15, 0.2) is 24.3 Å². The molecule has 0 aliphatic heterocycles. The first-order valence-corrected chi connectivity index (χ1v) is 8.89. The van der Waals surface area contributed by atoms with Gasteiger partial charge >= 0.3 is 12.1 Å². The molecular formula is C19H24F3NO4. The molecule has 0 atom stereocenters. The number of aliphatic carboxylic acids is 1. The second-order valence-electron chi connectivity index (χ2n) is 7.04. The molecule has 0 bridgehead atoms. The molecule has 1 aliphatic carbocycles. The number of carbonyl (C=O) groups is 2. The van der Waals surface area contributed by atoms with E-state index in [1.54, 1.807) is 36.2 Å². The highest BCUT2D eigenvalue weighted by Crippen LogP contribution is 2.40. The molecule has 2 rings (SSSR count). The van der Waals surface area contributed by atoms with Crippen molar-refractivity contribution in [1.82, 2.24) is 4.90 Å². The van der Waals surface area contributed by atoms with E-state index in [0.717, 1.165) is 5.56 Å². The van der Waals surface area contributed by atoms with Crippen molar-refractivity contribution in [3.8, 4) is 5.75 Å². The summed E-state index contributed by atoms with van der Waals surface area (Å²) in [6.07, 6.45) is -2.81. The zero-order valence-electron chi connectivity index (χ0n) is 15.2. The minimum atomic E-state index is -4.13. The summed E-state index contributed by atoms with van der Waals surface area (Å²) in [6, 6.07) is 6.76. The quantitative estimate of drug-likeness (QED) is 0.771. The van der Waals surface area contributed by atoms with Crippen LogP contribution in [-0.2, 0) is 16.1 Å². The topological polar surface area (TPSA) is 66.8 Å². The van der Waals surface area contributed by atoms with Gasteiger partial charge in [-0.1, -0.05) is 12.1 Å². The smallest absolute Gasteiger partial charge is 0.391 e. The summed E-state index contributed by atoms with van der Waals surface area (Å²) in [6.45, 7) is -0.0513. The number of ether oxygens (including phenoxy) is 1. The molecule has 1 aromatic carbocycles. The van der Waals surface area contributed by atoms with Gasteiger partial charge in [-0.3, -0.25) is 4.79 Å². The first kappa shape index (κ1) is 21.1. The fourth-order valence-corrected chi connectivity index (χ4v) is 3.29. The van der Waals surface area contributed by atoms with Gasteiger partial charge in [-0.05, 0) is 49.3 Å². The third-order valence-electron chi connectivity index (χ3n) is 4.90. The molecule has 0 unspecified atom stereocenters. The lowest BCUT2D eigenvalue weighted by molar-refractivity contribution is -0.184. The van der Waals surface area contributed by atoms with Crippen molar-refractivity contribution in [3.63, 3.8) is 0 Å². The average Bonchev–Trinajstić information content (AvgIpc) is 2.60. The van der Waals surface area contributed by atoms with Gasteiger partial charge in [0.05, 0.1) is 5.92 Å². The average molecular weight is 387 g/mol. The number of hydrogen-bond donors (Lipinski definition) is 1. The molecule has 27 heavy (non-hydrogen) atoms. The zero-order valence-corrected chi connectivity index (χ0v) is 15.2. The molecule has 0 aromatic heterocycles. The number of carboxylic acid groups (broad SMARTS) is 1. The summed E-state index contributed by atoms with van der Waals surface area (Å²) in [5, 5.41) is 8.57. The van der Waals surface area contributed by atoms with E-state index in [1.165, 1.54) is 0 Å². The van der Waals surface area contributed by atoms with E-state index in [-0.39, 0.29) is 31.1 Å². The van der Waals surface area contributed by atoms with Crippen molar-refractivity contribution >= 4 is 11.9 Å². The minimum absolute atomic E-state index is 0.00495. The highest BCUT2D eigenvalue weighted by atomic mass is 19.4. The lowest BCUT2D eigenvalue weighted by Gasteiger charge is -2.30. The Kier molecular flexibility index (Phi) is 7.10. The van der Waals surface area contributed by atoms with Crippen molar-refractivity contribution in [2.24, 2.45) is 11.8 Å². The van der Waals surface area contributed by atoms with Gasteiger partial charge < -0.3 is 14.7 Å². The number of hydrogen-bond acceptors (Lipinski definition) is 3. The van der Waals surface area contributed by atoms with E-state index >= 15 is 0 Å². The Bertz CT molecular complexity index is 637. The van der Waals surface area contributed by atoms with Crippen LogP contribution in [0, 0.1) is 11.8 Å². The Hall–Kier alpha value is -2.25. The monoisotopic (exact) mass is 387 g/mol. The van der Waals surface area contributed by atoms with Gasteiger partial charge in [0.25, 0.3) is 0 Å². The summed E-state index contributed by atoms with van der Waals surface area (Å²) in [5.74, 6) is -1.95. The van der Waals surface area contributed by atoms with Crippen molar-refractivity contribution in [3.05, 3.63) is 29.8 Å². The third kappa shape index (κ3) is 6.77. The lowest BCUT2D eigenvalue weighted by atomic mass is 9.80. The Morgan fingerprint density at radius 1 is 1.15 bits per heavy atom. The predicted octanol–water partition coefficient (Wildman–Crippen LogP) is 3.87. The summed E-state index contributed by atoms with van der Waals surface area (Å²) in [4.78, 5) is 24.4. The number of benzene rings is 1. The van der Waals surface area contributed by atoms with E-state index in [1.807, 2.05) is 0 Å². The fraction of sp³-hybridized carbons (Fsp3) is 0.579. The Morgan fingerprint density at radius 3 is 2.26 bits per heavy atom. The predicted molar refractivity (Wildman–Crippen MR) is 92.2 cm³/mol. The Labute approximate surface area is 156 Å². The molecule has 0 radical (unpaired) electrons. The summed E-state index contributed by atoms with van der Waals surface area (Å²) >= 11 is 0.